The number of H-pyrrole nitrogens is 1. The molecule has 37 heavy (non-hydrogen) atoms. The highest BCUT2D eigenvalue weighted by molar-refractivity contribution is 6.31. The molecule has 1 amide bonds. The van der Waals surface area contributed by atoms with Crippen molar-refractivity contribution in [2.45, 2.75) is 25.8 Å². The second-order valence-corrected chi connectivity index (χ2v) is 9.16. The molecule has 0 saturated carbocycles. The predicted octanol–water partition coefficient (Wildman–Crippen LogP) is 5.95. The number of rotatable bonds is 6. The van der Waals surface area contributed by atoms with Crippen molar-refractivity contribution in [2.75, 3.05) is 14.2 Å². The number of hydrogen-bond donors (Lipinski definition) is 1. The Morgan fingerprint density at radius 3 is 2.54 bits per heavy atom. The maximum atomic E-state index is 13.6. The normalized spacial score (nSPS) is 15.1. The molecule has 4 aromatic rings. The van der Waals surface area contributed by atoms with Crippen LogP contribution in [0.3, 0.4) is 0 Å². The SMILES string of the molecule is CCC(=O)N1N=C(c2c(-c3ccccc3)c3cc(Cl)ccc3[nH]c2=O)C[C@@H]1c1cc(OC)ccc1OC. The number of nitrogens with one attached hydrogen (secondary N) is 1. The zero-order chi connectivity index (χ0) is 26.1. The summed E-state index contributed by atoms with van der Waals surface area (Å²) in [6, 6.07) is 20.0. The van der Waals surface area contributed by atoms with E-state index < -0.39 is 6.04 Å². The van der Waals surface area contributed by atoms with E-state index in [0.717, 1.165) is 22.1 Å². The standard InChI is InChI=1S/C29H26ClN3O4/c1-4-26(34)33-24(21-15-19(36-2)11-13-25(21)37-3)16-23(32-33)28-27(17-8-6-5-7-9-17)20-14-18(30)10-12-22(20)31-29(28)35/h5-15,24H,4,16H2,1-3H3,(H,31,35)/t24-/m1/s1. The van der Waals surface area contributed by atoms with Gasteiger partial charge in [-0.05, 0) is 42.0 Å². The summed E-state index contributed by atoms with van der Waals surface area (Å²) in [5.74, 6) is 1.08. The van der Waals surface area contributed by atoms with E-state index in [0.29, 0.717) is 39.7 Å². The van der Waals surface area contributed by atoms with Gasteiger partial charge >= 0.3 is 0 Å². The molecule has 1 N–H and O–H groups in total. The second-order valence-electron chi connectivity index (χ2n) is 8.73. The van der Waals surface area contributed by atoms with Crippen molar-refractivity contribution in [3.05, 3.63) is 93.2 Å². The van der Waals surface area contributed by atoms with Crippen LogP contribution >= 0.6 is 11.6 Å². The first kappa shape index (κ1) is 24.6. The lowest BCUT2D eigenvalue weighted by atomic mass is 9.90. The summed E-state index contributed by atoms with van der Waals surface area (Å²) in [7, 11) is 3.17. The van der Waals surface area contributed by atoms with Crippen LogP contribution < -0.4 is 15.0 Å². The van der Waals surface area contributed by atoms with Gasteiger partial charge in [-0.25, -0.2) is 5.01 Å². The molecule has 0 radical (unpaired) electrons. The summed E-state index contributed by atoms with van der Waals surface area (Å²) in [6.07, 6.45) is 0.582. The number of pyridine rings is 1. The van der Waals surface area contributed by atoms with Gasteiger partial charge in [0.05, 0.1) is 31.5 Å². The molecule has 1 aliphatic rings. The van der Waals surface area contributed by atoms with Gasteiger partial charge in [0.2, 0.25) is 5.91 Å². The lowest BCUT2D eigenvalue weighted by Crippen LogP contribution is -2.26. The third kappa shape index (κ3) is 4.47. The van der Waals surface area contributed by atoms with Gasteiger partial charge in [-0.1, -0.05) is 48.9 Å². The van der Waals surface area contributed by atoms with E-state index in [2.05, 4.69) is 4.98 Å². The maximum Gasteiger partial charge on any atom is 0.258 e. The number of nitrogens with zero attached hydrogens (tertiary/aromatic N) is 2. The minimum absolute atomic E-state index is 0.161. The Labute approximate surface area is 219 Å². The van der Waals surface area contributed by atoms with Crippen molar-refractivity contribution in [1.29, 1.82) is 0 Å². The van der Waals surface area contributed by atoms with Gasteiger partial charge in [-0.15, -0.1) is 0 Å². The fraction of sp³-hybridized carbons (Fsp3) is 0.207. The van der Waals surface area contributed by atoms with Gasteiger partial charge in [0.1, 0.15) is 11.5 Å². The fourth-order valence-electron chi connectivity index (χ4n) is 4.84. The number of methoxy groups -OCH3 is 2. The number of aromatic amines is 1. The molecule has 2 heterocycles. The Bertz CT molecular complexity index is 1580. The van der Waals surface area contributed by atoms with E-state index in [1.807, 2.05) is 42.5 Å². The Kier molecular flexibility index (Phi) is 6.72. The smallest absolute Gasteiger partial charge is 0.258 e. The Balaban J connectivity index is 1.74. The van der Waals surface area contributed by atoms with E-state index in [1.54, 1.807) is 45.4 Å². The molecule has 0 spiro atoms. The minimum Gasteiger partial charge on any atom is -0.497 e. The zero-order valence-electron chi connectivity index (χ0n) is 20.7. The van der Waals surface area contributed by atoms with Gasteiger partial charge in [-0.3, -0.25) is 9.59 Å². The van der Waals surface area contributed by atoms with E-state index >= 15 is 0 Å². The summed E-state index contributed by atoms with van der Waals surface area (Å²) >= 11 is 6.38. The quantitative estimate of drug-likeness (QED) is 0.344. The number of hydrazone groups is 1. The number of aromatic nitrogens is 1. The molecule has 0 fully saturated rings. The number of hydrogen-bond acceptors (Lipinski definition) is 5. The third-order valence-electron chi connectivity index (χ3n) is 6.59. The monoisotopic (exact) mass is 515 g/mol. The number of ether oxygens (including phenoxy) is 2. The highest BCUT2D eigenvalue weighted by Gasteiger charge is 2.36. The Morgan fingerprint density at radius 1 is 1.05 bits per heavy atom. The lowest BCUT2D eigenvalue weighted by molar-refractivity contribution is -0.132. The second kappa shape index (κ2) is 10.1. The molecule has 0 bridgehead atoms. The molecule has 5 rings (SSSR count). The Hall–Kier alpha value is -4.10. The van der Waals surface area contributed by atoms with E-state index in [1.165, 1.54) is 5.01 Å². The molecule has 7 nitrogen and oxygen atoms in total. The van der Waals surface area contributed by atoms with Crippen LogP contribution in [-0.4, -0.2) is 35.8 Å². The fourth-order valence-corrected chi connectivity index (χ4v) is 5.01. The first-order valence-corrected chi connectivity index (χ1v) is 12.4. The van der Waals surface area contributed by atoms with Crippen LogP contribution in [-0.2, 0) is 4.79 Å². The van der Waals surface area contributed by atoms with Crippen molar-refractivity contribution in [3.8, 4) is 22.6 Å². The summed E-state index contributed by atoms with van der Waals surface area (Å²) < 4.78 is 11.1. The third-order valence-corrected chi connectivity index (χ3v) is 6.83. The van der Waals surface area contributed by atoms with Crippen LogP contribution in [0.1, 0.15) is 36.9 Å². The van der Waals surface area contributed by atoms with Crippen molar-refractivity contribution in [3.63, 3.8) is 0 Å². The first-order valence-electron chi connectivity index (χ1n) is 12.0. The van der Waals surface area contributed by atoms with E-state index in [9.17, 15) is 9.59 Å². The van der Waals surface area contributed by atoms with Crippen molar-refractivity contribution in [2.24, 2.45) is 5.10 Å². The van der Waals surface area contributed by atoms with Crippen LogP contribution in [0.4, 0.5) is 0 Å². The summed E-state index contributed by atoms with van der Waals surface area (Å²) in [5, 5.41) is 7.56. The van der Waals surface area contributed by atoms with Crippen molar-refractivity contribution < 1.29 is 14.3 Å². The van der Waals surface area contributed by atoms with Gasteiger partial charge in [0.25, 0.3) is 5.56 Å². The largest absolute Gasteiger partial charge is 0.497 e. The van der Waals surface area contributed by atoms with Gasteiger partial charge in [0.15, 0.2) is 0 Å². The lowest BCUT2D eigenvalue weighted by Gasteiger charge is -2.23. The average molecular weight is 516 g/mol. The molecule has 1 aromatic heterocycles. The van der Waals surface area contributed by atoms with Crippen molar-refractivity contribution >= 4 is 34.1 Å². The molecular weight excluding hydrogens is 490 g/mol. The number of carbonyl (C=O) groups is 1. The molecule has 0 aliphatic carbocycles. The molecular formula is C29H26ClN3O4. The average Bonchev–Trinajstić information content (AvgIpc) is 3.37. The van der Waals surface area contributed by atoms with Crippen LogP contribution in [0.25, 0.3) is 22.0 Å². The van der Waals surface area contributed by atoms with E-state index in [-0.39, 0.29) is 17.9 Å². The van der Waals surface area contributed by atoms with Gasteiger partial charge in [0, 0.05) is 39.9 Å². The van der Waals surface area contributed by atoms with E-state index in [4.69, 9.17) is 26.2 Å². The summed E-state index contributed by atoms with van der Waals surface area (Å²) in [6.45, 7) is 1.79. The predicted molar refractivity (Wildman–Crippen MR) is 146 cm³/mol. The number of carbonyl (C=O) groups excluding carboxylic acids is 1. The Morgan fingerprint density at radius 2 is 1.84 bits per heavy atom. The molecule has 1 atom stereocenters. The first-order chi connectivity index (χ1) is 17.9. The maximum absolute atomic E-state index is 13.6. The number of amides is 1. The highest BCUT2D eigenvalue weighted by atomic mass is 35.5. The molecule has 0 unspecified atom stereocenters. The van der Waals surface area contributed by atoms with Gasteiger partial charge in [-0.2, -0.15) is 5.10 Å². The molecule has 3 aromatic carbocycles. The number of halogens is 1. The van der Waals surface area contributed by atoms with Crippen LogP contribution in [0.15, 0.2) is 76.6 Å². The van der Waals surface area contributed by atoms with Crippen LogP contribution in [0.5, 0.6) is 11.5 Å². The zero-order valence-corrected chi connectivity index (χ0v) is 21.5. The minimum atomic E-state index is -0.467. The summed E-state index contributed by atoms with van der Waals surface area (Å²) in [4.78, 5) is 29.6. The van der Waals surface area contributed by atoms with Crippen molar-refractivity contribution in [1.82, 2.24) is 9.99 Å². The summed E-state index contributed by atoms with van der Waals surface area (Å²) in [5.41, 5.74) is 3.65. The topological polar surface area (TPSA) is 84.0 Å². The van der Waals surface area contributed by atoms with Crippen LogP contribution in [0.2, 0.25) is 5.02 Å². The van der Waals surface area contributed by atoms with Gasteiger partial charge < -0.3 is 14.5 Å². The molecule has 8 heteroatoms. The molecule has 0 saturated heterocycles. The number of benzene rings is 3. The van der Waals surface area contributed by atoms with Crippen LogP contribution in [0, 0.1) is 0 Å². The molecule has 188 valence electrons. The molecule has 1 aliphatic heterocycles. The number of fused-ring (bicyclic) bond motifs is 1. The highest BCUT2D eigenvalue weighted by Crippen LogP contribution is 2.41.